The molecule has 0 radical (unpaired) electrons. The Morgan fingerprint density at radius 2 is 2.00 bits per heavy atom. The summed E-state index contributed by atoms with van der Waals surface area (Å²) in [4.78, 5) is 16.3. The Morgan fingerprint density at radius 3 is 2.67 bits per heavy atom. The van der Waals surface area contributed by atoms with E-state index >= 15 is 0 Å². The lowest BCUT2D eigenvalue weighted by Gasteiger charge is -2.13. The summed E-state index contributed by atoms with van der Waals surface area (Å²) in [6.07, 6.45) is 1.97. The van der Waals surface area contributed by atoms with E-state index in [1.807, 2.05) is 32.9 Å². The van der Waals surface area contributed by atoms with Gasteiger partial charge in [0.1, 0.15) is 5.75 Å². The van der Waals surface area contributed by atoms with E-state index in [2.05, 4.69) is 16.4 Å². The lowest BCUT2D eigenvalue weighted by atomic mass is 10.0. The topological polar surface area (TPSA) is 51.2 Å². The molecule has 1 aromatic carbocycles. The minimum atomic E-state index is -0.0640. The van der Waals surface area contributed by atoms with Gasteiger partial charge in [-0.3, -0.25) is 9.78 Å². The highest BCUT2D eigenvalue weighted by atomic mass is 16.5. The van der Waals surface area contributed by atoms with Gasteiger partial charge in [-0.1, -0.05) is 6.07 Å². The highest BCUT2D eigenvalue weighted by Gasteiger charge is 2.12. The fourth-order valence-electron chi connectivity index (χ4n) is 2.36. The van der Waals surface area contributed by atoms with Gasteiger partial charge in [0.25, 0.3) is 0 Å². The molecule has 2 aromatic rings. The number of benzene rings is 1. The van der Waals surface area contributed by atoms with Crippen LogP contribution >= 0.6 is 0 Å². The molecule has 0 fully saturated rings. The Balaban J connectivity index is 2.16. The maximum atomic E-state index is 12.2. The highest BCUT2D eigenvalue weighted by Crippen LogP contribution is 2.25. The van der Waals surface area contributed by atoms with Crippen LogP contribution < -0.4 is 10.1 Å². The molecule has 110 valence electrons. The van der Waals surface area contributed by atoms with E-state index in [4.69, 9.17) is 4.74 Å². The van der Waals surface area contributed by atoms with Gasteiger partial charge in [-0.25, -0.2) is 0 Å². The maximum absolute atomic E-state index is 12.2. The molecule has 4 nitrogen and oxygen atoms in total. The lowest BCUT2D eigenvalue weighted by molar-refractivity contribution is -0.115. The van der Waals surface area contributed by atoms with E-state index in [9.17, 15) is 4.79 Å². The number of anilines is 1. The van der Waals surface area contributed by atoms with Gasteiger partial charge in [0.2, 0.25) is 5.91 Å². The summed E-state index contributed by atoms with van der Waals surface area (Å²) in [6.45, 7) is 5.90. The standard InChI is InChI=1S/C17H20N2O2/c1-11-7-12(2)15(16(8-11)21-4)10-17(20)19-14-5-6-18-13(3)9-14/h5-9H,10H2,1-4H3,(H,18,19,20). The van der Waals surface area contributed by atoms with Gasteiger partial charge in [-0.2, -0.15) is 0 Å². The smallest absolute Gasteiger partial charge is 0.228 e. The van der Waals surface area contributed by atoms with E-state index in [0.717, 1.165) is 33.8 Å². The van der Waals surface area contributed by atoms with Crippen molar-refractivity contribution in [1.29, 1.82) is 0 Å². The molecule has 0 bridgehead atoms. The van der Waals surface area contributed by atoms with Crippen molar-refractivity contribution in [3.8, 4) is 5.75 Å². The van der Waals surface area contributed by atoms with Crippen LogP contribution in [0, 0.1) is 20.8 Å². The number of aromatic nitrogens is 1. The molecule has 1 heterocycles. The van der Waals surface area contributed by atoms with Crippen LogP contribution in [0.5, 0.6) is 5.75 Å². The number of ether oxygens (including phenoxy) is 1. The average Bonchev–Trinajstić information content (AvgIpc) is 2.41. The number of amides is 1. The van der Waals surface area contributed by atoms with Gasteiger partial charge in [0, 0.05) is 23.1 Å². The van der Waals surface area contributed by atoms with Gasteiger partial charge in [-0.15, -0.1) is 0 Å². The lowest BCUT2D eigenvalue weighted by Crippen LogP contribution is -2.16. The third kappa shape index (κ3) is 3.81. The second kappa shape index (κ2) is 6.39. The minimum absolute atomic E-state index is 0.0640. The summed E-state index contributed by atoms with van der Waals surface area (Å²) in [5.74, 6) is 0.694. The van der Waals surface area contributed by atoms with Crippen molar-refractivity contribution in [2.75, 3.05) is 12.4 Å². The minimum Gasteiger partial charge on any atom is -0.496 e. The number of rotatable bonds is 4. The summed E-state index contributed by atoms with van der Waals surface area (Å²) < 4.78 is 5.39. The maximum Gasteiger partial charge on any atom is 0.228 e. The number of methoxy groups -OCH3 is 1. The van der Waals surface area contributed by atoms with E-state index in [-0.39, 0.29) is 12.3 Å². The molecule has 0 aliphatic carbocycles. The van der Waals surface area contributed by atoms with E-state index in [1.54, 1.807) is 19.4 Å². The van der Waals surface area contributed by atoms with E-state index in [0.29, 0.717) is 0 Å². The van der Waals surface area contributed by atoms with Crippen molar-refractivity contribution in [3.05, 3.63) is 52.8 Å². The van der Waals surface area contributed by atoms with Crippen LogP contribution in [0.3, 0.4) is 0 Å². The highest BCUT2D eigenvalue weighted by molar-refractivity contribution is 5.92. The van der Waals surface area contributed by atoms with Crippen molar-refractivity contribution >= 4 is 11.6 Å². The summed E-state index contributed by atoms with van der Waals surface area (Å²) in [5.41, 5.74) is 4.74. The Morgan fingerprint density at radius 1 is 1.24 bits per heavy atom. The summed E-state index contributed by atoms with van der Waals surface area (Å²) in [6, 6.07) is 7.63. The second-order valence-electron chi connectivity index (χ2n) is 5.17. The molecule has 0 aliphatic rings. The van der Waals surface area contributed by atoms with Gasteiger partial charge in [0.05, 0.1) is 13.5 Å². The first-order valence-electron chi connectivity index (χ1n) is 6.86. The molecule has 0 saturated heterocycles. The molecule has 1 amide bonds. The van der Waals surface area contributed by atoms with Gasteiger partial charge in [0.15, 0.2) is 0 Å². The summed E-state index contributed by atoms with van der Waals surface area (Å²) in [7, 11) is 1.63. The molecule has 0 aliphatic heterocycles. The summed E-state index contributed by atoms with van der Waals surface area (Å²) >= 11 is 0. The SMILES string of the molecule is COc1cc(C)cc(C)c1CC(=O)Nc1ccnc(C)c1. The molecule has 21 heavy (non-hydrogen) atoms. The Hall–Kier alpha value is -2.36. The molecule has 1 aromatic heterocycles. The zero-order chi connectivity index (χ0) is 15.4. The predicted molar refractivity (Wildman–Crippen MR) is 83.8 cm³/mol. The monoisotopic (exact) mass is 284 g/mol. The molecule has 1 N–H and O–H groups in total. The molecule has 0 spiro atoms. The first kappa shape index (κ1) is 15.0. The van der Waals surface area contributed by atoms with Crippen LogP contribution in [-0.4, -0.2) is 18.0 Å². The van der Waals surface area contributed by atoms with E-state index < -0.39 is 0 Å². The Labute approximate surface area is 125 Å². The molecule has 0 unspecified atom stereocenters. The van der Waals surface area contributed by atoms with Crippen molar-refractivity contribution in [1.82, 2.24) is 4.98 Å². The van der Waals surface area contributed by atoms with Gasteiger partial charge >= 0.3 is 0 Å². The number of nitrogens with zero attached hydrogens (tertiary/aromatic N) is 1. The van der Waals surface area contributed by atoms with Crippen LogP contribution in [0.25, 0.3) is 0 Å². The van der Waals surface area contributed by atoms with Crippen LogP contribution in [0.1, 0.15) is 22.4 Å². The number of carbonyl (C=O) groups excluding carboxylic acids is 1. The number of pyridine rings is 1. The predicted octanol–water partition coefficient (Wildman–Crippen LogP) is 3.20. The van der Waals surface area contributed by atoms with Crippen LogP contribution in [-0.2, 0) is 11.2 Å². The van der Waals surface area contributed by atoms with E-state index in [1.165, 1.54) is 0 Å². The van der Waals surface area contributed by atoms with Crippen molar-refractivity contribution in [2.45, 2.75) is 27.2 Å². The normalized spacial score (nSPS) is 10.3. The van der Waals surface area contributed by atoms with Crippen LogP contribution in [0.15, 0.2) is 30.5 Å². The summed E-state index contributed by atoms with van der Waals surface area (Å²) in [5, 5.41) is 2.89. The van der Waals surface area contributed by atoms with Gasteiger partial charge in [-0.05, 0) is 50.1 Å². The molecule has 2 rings (SSSR count). The van der Waals surface area contributed by atoms with Crippen molar-refractivity contribution in [3.63, 3.8) is 0 Å². The largest absolute Gasteiger partial charge is 0.496 e. The number of nitrogens with one attached hydrogen (secondary N) is 1. The van der Waals surface area contributed by atoms with Crippen molar-refractivity contribution in [2.24, 2.45) is 0 Å². The molecule has 0 saturated carbocycles. The molecular weight excluding hydrogens is 264 g/mol. The molecule has 0 atom stereocenters. The molecular formula is C17H20N2O2. The number of carbonyl (C=O) groups is 1. The Bertz CT molecular complexity index is 666. The third-order valence-electron chi connectivity index (χ3n) is 3.31. The first-order chi connectivity index (χ1) is 9.99. The third-order valence-corrected chi connectivity index (χ3v) is 3.31. The molecule has 4 heteroatoms. The fourth-order valence-corrected chi connectivity index (χ4v) is 2.36. The zero-order valence-corrected chi connectivity index (χ0v) is 12.9. The van der Waals surface area contributed by atoms with Crippen LogP contribution in [0.2, 0.25) is 0 Å². The number of hydrogen-bond acceptors (Lipinski definition) is 3. The quantitative estimate of drug-likeness (QED) is 0.938. The number of hydrogen-bond donors (Lipinski definition) is 1. The number of aryl methyl sites for hydroxylation is 3. The first-order valence-corrected chi connectivity index (χ1v) is 6.86. The fraction of sp³-hybridized carbons (Fsp3) is 0.294. The van der Waals surface area contributed by atoms with Gasteiger partial charge < -0.3 is 10.1 Å². The average molecular weight is 284 g/mol. The van der Waals surface area contributed by atoms with Crippen LogP contribution in [0.4, 0.5) is 5.69 Å². The zero-order valence-electron chi connectivity index (χ0n) is 12.9. The second-order valence-corrected chi connectivity index (χ2v) is 5.17. The Kier molecular flexibility index (Phi) is 4.58. The van der Waals surface area contributed by atoms with Crippen molar-refractivity contribution < 1.29 is 9.53 Å².